The van der Waals surface area contributed by atoms with Crippen molar-refractivity contribution in [1.29, 1.82) is 0 Å². The monoisotopic (exact) mass is 377 g/mol. The van der Waals surface area contributed by atoms with E-state index in [1.165, 1.54) is 11.1 Å². The van der Waals surface area contributed by atoms with E-state index in [4.69, 9.17) is 4.98 Å². The molecule has 5 heteroatoms. The van der Waals surface area contributed by atoms with Crippen molar-refractivity contribution in [2.45, 2.75) is 13.0 Å². The molecule has 0 radical (unpaired) electrons. The number of benzene rings is 3. The largest absolute Gasteiger partial charge is 0.351 e. The van der Waals surface area contributed by atoms with E-state index in [1.807, 2.05) is 28.8 Å². The van der Waals surface area contributed by atoms with Crippen molar-refractivity contribution < 1.29 is 0 Å². The van der Waals surface area contributed by atoms with Crippen LogP contribution in [0.3, 0.4) is 0 Å². The molecule has 6 rings (SSSR count). The van der Waals surface area contributed by atoms with E-state index in [0.29, 0.717) is 0 Å². The molecule has 0 N–H and O–H groups in total. The Morgan fingerprint density at radius 1 is 0.759 bits per heavy atom. The highest BCUT2D eigenvalue weighted by atomic mass is 15.4. The first kappa shape index (κ1) is 16.2. The molecule has 0 amide bonds. The van der Waals surface area contributed by atoms with Gasteiger partial charge in [0.25, 0.3) is 0 Å². The molecule has 0 fully saturated rings. The molecule has 0 saturated heterocycles. The van der Waals surface area contributed by atoms with Crippen molar-refractivity contribution in [2.24, 2.45) is 0 Å². The first-order valence-corrected chi connectivity index (χ1v) is 9.90. The molecule has 0 aliphatic carbocycles. The van der Waals surface area contributed by atoms with Gasteiger partial charge in [-0.25, -0.2) is 4.98 Å². The SMILES string of the molecule is c1ccc(-c2nnn3c2nc(N2CCc4ccccc4C2)c2ccccc23)cc1. The van der Waals surface area contributed by atoms with Gasteiger partial charge in [-0.2, -0.15) is 4.52 Å². The predicted octanol–water partition coefficient (Wildman–Crippen LogP) is 4.51. The average molecular weight is 377 g/mol. The van der Waals surface area contributed by atoms with E-state index < -0.39 is 0 Å². The molecule has 140 valence electrons. The van der Waals surface area contributed by atoms with Crippen LogP contribution in [0.2, 0.25) is 0 Å². The third-order valence-corrected chi connectivity index (χ3v) is 5.71. The Kier molecular flexibility index (Phi) is 3.59. The maximum absolute atomic E-state index is 5.10. The number of rotatable bonds is 2. The number of para-hydroxylation sites is 1. The fourth-order valence-corrected chi connectivity index (χ4v) is 4.25. The van der Waals surface area contributed by atoms with Gasteiger partial charge in [0.15, 0.2) is 5.65 Å². The first-order chi connectivity index (χ1) is 14.4. The van der Waals surface area contributed by atoms with Crippen LogP contribution in [0.4, 0.5) is 5.82 Å². The van der Waals surface area contributed by atoms with Crippen molar-refractivity contribution in [3.8, 4) is 11.3 Å². The smallest absolute Gasteiger partial charge is 0.186 e. The number of anilines is 1. The van der Waals surface area contributed by atoms with Gasteiger partial charge in [-0.1, -0.05) is 71.9 Å². The second-order valence-electron chi connectivity index (χ2n) is 7.43. The summed E-state index contributed by atoms with van der Waals surface area (Å²) in [5.74, 6) is 1.00. The van der Waals surface area contributed by atoms with Gasteiger partial charge >= 0.3 is 0 Å². The van der Waals surface area contributed by atoms with Crippen LogP contribution in [0.15, 0.2) is 78.9 Å². The molecule has 3 heterocycles. The molecule has 0 unspecified atom stereocenters. The van der Waals surface area contributed by atoms with Crippen LogP contribution in [0.5, 0.6) is 0 Å². The Balaban J connectivity index is 1.57. The Morgan fingerprint density at radius 2 is 1.52 bits per heavy atom. The van der Waals surface area contributed by atoms with Crippen molar-refractivity contribution in [2.75, 3.05) is 11.4 Å². The number of aromatic nitrogens is 4. The second kappa shape index (κ2) is 6.41. The summed E-state index contributed by atoms with van der Waals surface area (Å²) in [4.78, 5) is 7.48. The lowest BCUT2D eigenvalue weighted by molar-refractivity contribution is 0.723. The van der Waals surface area contributed by atoms with Crippen molar-refractivity contribution in [1.82, 2.24) is 19.8 Å². The summed E-state index contributed by atoms with van der Waals surface area (Å²) in [7, 11) is 0. The molecule has 5 nitrogen and oxygen atoms in total. The number of hydrogen-bond donors (Lipinski definition) is 0. The van der Waals surface area contributed by atoms with Crippen molar-refractivity contribution in [3.05, 3.63) is 90.0 Å². The van der Waals surface area contributed by atoms with Gasteiger partial charge < -0.3 is 4.90 Å². The second-order valence-corrected chi connectivity index (χ2v) is 7.43. The van der Waals surface area contributed by atoms with Crippen LogP contribution in [-0.2, 0) is 13.0 Å². The minimum absolute atomic E-state index is 0.795. The Labute approximate surface area is 168 Å². The van der Waals surface area contributed by atoms with Crippen LogP contribution < -0.4 is 4.90 Å². The number of nitrogens with zero attached hydrogens (tertiary/aromatic N) is 5. The fraction of sp³-hybridized carbons (Fsp3) is 0.125. The maximum atomic E-state index is 5.10. The summed E-state index contributed by atoms with van der Waals surface area (Å²) < 4.78 is 1.86. The Hall–Kier alpha value is -3.73. The van der Waals surface area contributed by atoms with Crippen molar-refractivity contribution >= 4 is 22.4 Å². The molecule has 1 aliphatic heterocycles. The summed E-state index contributed by atoms with van der Waals surface area (Å²) >= 11 is 0. The highest BCUT2D eigenvalue weighted by molar-refractivity contribution is 5.93. The highest BCUT2D eigenvalue weighted by Crippen LogP contribution is 2.32. The topological polar surface area (TPSA) is 46.3 Å². The van der Waals surface area contributed by atoms with Crippen LogP contribution in [0, 0.1) is 0 Å². The fourth-order valence-electron chi connectivity index (χ4n) is 4.25. The van der Waals surface area contributed by atoms with Gasteiger partial charge in [-0.3, -0.25) is 0 Å². The zero-order valence-corrected chi connectivity index (χ0v) is 15.9. The van der Waals surface area contributed by atoms with Gasteiger partial charge in [-0.05, 0) is 29.7 Å². The van der Waals surface area contributed by atoms with Gasteiger partial charge in [-0.15, -0.1) is 5.10 Å². The zero-order valence-electron chi connectivity index (χ0n) is 15.9. The lowest BCUT2D eigenvalue weighted by Gasteiger charge is -2.30. The standard InChI is InChI=1S/C24H19N5/c1-2-9-18(10-3-1)22-24-25-23(20-12-6-7-13-21(20)29(24)27-26-22)28-15-14-17-8-4-5-11-19(17)16-28/h1-13H,14-16H2. The van der Waals surface area contributed by atoms with Crippen LogP contribution in [0.1, 0.15) is 11.1 Å². The molecule has 0 bridgehead atoms. The first-order valence-electron chi connectivity index (χ1n) is 9.90. The molecule has 0 saturated carbocycles. The van der Waals surface area contributed by atoms with Gasteiger partial charge in [0.1, 0.15) is 11.5 Å². The van der Waals surface area contributed by atoms with Gasteiger partial charge in [0.05, 0.1) is 5.52 Å². The van der Waals surface area contributed by atoms with Crippen molar-refractivity contribution in [3.63, 3.8) is 0 Å². The van der Waals surface area contributed by atoms with E-state index in [2.05, 4.69) is 69.8 Å². The van der Waals surface area contributed by atoms with E-state index in [0.717, 1.165) is 53.1 Å². The average Bonchev–Trinajstić information content (AvgIpc) is 3.23. The molecule has 0 spiro atoms. The highest BCUT2D eigenvalue weighted by Gasteiger charge is 2.22. The maximum Gasteiger partial charge on any atom is 0.186 e. The Bertz CT molecular complexity index is 1340. The predicted molar refractivity (Wildman–Crippen MR) is 115 cm³/mol. The molecular formula is C24H19N5. The molecular weight excluding hydrogens is 358 g/mol. The third kappa shape index (κ3) is 2.58. The minimum atomic E-state index is 0.795. The quantitative estimate of drug-likeness (QED) is 0.454. The third-order valence-electron chi connectivity index (χ3n) is 5.71. The summed E-state index contributed by atoms with van der Waals surface area (Å²) in [6, 6.07) is 27.2. The number of hydrogen-bond acceptors (Lipinski definition) is 4. The number of fused-ring (bicyclic) bond motifs is 4. The van der Waals surface area contributed by atoms with Crippen LogP contribution >= 0.6 is 0 Å². The molecule has 5 aromatic rings. The Morgan fingerprint density at radius 3 is 2.41 bits per heavy atom. The summed E-state index contributed by atoms with van der Waals surface area (Å²) in [6.45, 7) is 1.82. The molecule has 3 aromatic carbocycles. The van der Waals surface area contributed by atoms with E-state index >= 15 is 0 Å². The molecule has 0 atom stereocenters. The molecule has 1 aliphatic rings. The minimum Gasteiger partial charge on any atom is -0.351 e. The van der Waals surface area contributed by atoms with Crippen LogP contribution in [0.25, 0.3) is 27.8 Å². The van der Waals surface area contributed by atoms with E-state index in [9.17, 15) is 0 Å². The summed E-state index contributed by atoms with van der Waals surface area (Å²) in [5, 5.41) is 10.0. The van der Waals surface area contributed by atoms with Gasteiger partial charge in [0.2, 0.25) is 0 Å². The normalized spacial score (nSPS) is 13.7. The van der Waals surface area contributed by atoms with Gasteiger partial charge in [0, 0.05) is 24.0 Å². The lowest BCUT2D eigenvalue weighted by Crippen LogP contribution is -2.31. The van der Waals surface area contributed by atoms with Crippen LogP contribution in [-0.4, -0.2) is 26.4 Å². The molecule has 29 heavy (non-hydrogen) atoms. The summed E-state index contributed by atoms with van der Waals surface area (Å²) in [6.07, 6.45) is 1.03. The lowest BCUT2D eigenvalue weighted by atomic mass is 9.99. The molecule has 2 aromatic heterocycles. The van der Waals surface area contributed by atoms with E-state index in [1.54, 1.807) is 0 Å². The van der Waals surface area contributed by atoms with E-state index in [-0.39, 0.29) is 0 Å². The summed E-state index contributed by atoms with van der Waals surface area (Å²) in [5.41, 5.74) is 6.48. The zero-order chi connectivity index (χ0) is 19.2.